The molecule has 1 aliphatic heterocycles. The molecule has 2 N–H and O–H groups in total. The highest BCUT2D eigenvalue weighted by atomic mass is 32.2. The molecule has 4 rings (SSSR count). The van der Waals surface area contributed by atoms with Crippen LogP contribution in [-0.4, -0.2) is 26.1 Å². The van der Waals surface area contributed by atoms with Crippen molar-refractivity contribution in [3.05, 3.63) is 77.6 Å². The Morgan fingerprint density at radius 1 is 1.03 bits per heavy atom. The SMILES string of the molecule is Cc1ccc(S(=O)(=O)Nc2cncc(C(=O)NCc3ccc4c(c3)OCO4)c2)cc1. The van der Waals surface area contributed by atoms with Gasteiger partial charge in [0.2, 0.25) is 6.79 Å². The van der Waals surface area contributed by atoms with Crippen molar-refractivity contribution in [2.45, 2.75) is 18.4 Å². The molecule has 0 spiro atoms. The average molecular weight is 425 g/mol. The molecule has 0 atom stereocenters. The molecule has 0 aliphatic carbocycles. The van der Waals surface area contributed by atoms with E-state index in [2.05, 4.69) is 15.0 Å². The number of amides is 1. The van der Waals surface area contributed by atoms with Crippen molar-refractivity contribution >= 4 is 21.6 Å². The monoisotopic (exact) mass is 425 g/mol. The number of aromatic nitrogens is 1. The van der Waals surface area contributed by atoms with Crippen LogP contribution in [0.1, 0.15) is 21.5 Å². The molecule has 0 fully saturated rings. The van der Waals surface area contributed by atoms with Crippen molar-refractivity contribution in [3.8, 4) is 11.5 Å². The summed E-state index contributed by atoms with van der Waals surface area (Å²) in [6.07, 6.45) is 2.72. The molecule has 0 unspecified atom stereocenters. The van der Waals surface area contributed by atoms with Gasteiger partial charge < -0.3 is 14.8 Å². The molecular formula is C21H19N3O5S. The maximum atomic E-state index is 12.5. The summed E-state index contributed by atoms with van der Waals surface area (Å²) < 4.78 is 38.1. The number of rotatable bonds is 6. The Hall–Kier alpha value is -3.59. The second-order valence-electron chi connectivity index (χ2n) is 6.75. The van der Waals surface area contributed by atoms with E-state index >= 15 is 0 Å². The minimum Gasteiger partial charge on any atom is -0.454 e. The molecule has 3 aromatic rings. The van der Waals surface area contributed by atoms with Crippen molar-refractivity contribution in [2.75, 3.05) is 11.5 Å². The van der Waals surface area contributed by atoms with Crippen LogP contribution in [0.5, 0.6) is 11.5 Å². The molecule has 0 saturated heterocycles. The van der Waals surface area contributed by atoms with Crippen molar-refractivity contribution in [2.24, 2.45) is 0 Å². The first-order chi connectivity index (χ1) is 14.4. The highest BCUT2D eigenvalue weighted by molar-refractivity contribution is 7.92. The van der Waals surface area contributed by atoms with Gasteiger partial charge >= 0.3 is 0 Å². The number of ether oxygens (including phenoxy) is 2. The molecule has 2 aromatic carbocycles. The third-order valence-corrected chi connectivity index (χ3v) is 5.87. The molecule has 1 aliphatic rings. The lowest BCUT2D eigenvalue weighted by Gasteiger charge is -2.10. The molecule has 0 radical (unpaired) electrons. The Bertz CT molecular complexity index is 1190. The lowest BCUT2D eigenvalue weighted by Crippen LogP contribution is -2.23. The van der Waals surface area contributed by atoms with E-state index in [9.17, 15) is 13.2 Å². The molecule has 154 valence electrons. The summed E-state index contributed by atoms with van der Waals surface area (Å²) in [4.78, 5) is 16.6. The molecule has 0 saturated carbocycles. The van der Waals surface area contributed by atoms with Gasteiger partial charge in [-0.2, -0.15) is 0 Å². The van der Waals surface area contributed by atoms with E-state index in [1.54, 1.807) is 24.3 Å². The van der Waals surface area contributed by atoms with Crippen LogP contribution in [0.4, 0.5) is 5.69 Å². The van der Waals surface area contributed by atoms with Crippen LogP contribution in [-0.2, 0) is 16.6 Å². The zero-order chi connectivity index (χ0) is 21.1. The Balaban J connectivity index is 1.43. The van der Waals surface area contributed by atoms with Gasteiger partial charge in [-0.1, -0.05) is 23.8 Å². The lowest BCUT2D eigenvalue weighted by atomic mass is 10.2. The zero-order valence-electron chi connectivity index (χ0n) is 16.1. The Morgan fingerprint density at radius 2 is 1.80 bits per heavy atom. The van der Waals surface area contributed by atoms with Gasteiger partial charge in [-0.25, -0.2) is 8.42 Å². The highest BCUT2D eigenvalue weighted by Gasteiger charge is 2.16. The van der Waals surface area contributed by atoms with Gasteiger partial charge in [0, 0.05) is 12.7 Å². The number of fused-ring (bicyclic) bond motifs is 1. The summed E-state index contributed by atoms with van der Waals surface area (Å²) in [7, 11) is -3.78. The summed E-state index contributed by atoms with van der Waals surface area (Å²) in [6, 6.07) is 13.3. The van der Waals surface area contributed by atoms with Crippen LogP contribution in [0.25, 0.3) is 0 Å². The minimum absolute atomic E-state index is 0.130. The summed E-state index contributed by atoms with van der Waals surface area (Å²) in [6.45, 7) is 2.33. The standard InChI is InChI=1S/C21H19N3O5S/c1-14-2-5-18(6-3-14)30(26,27)24-17-9-16(11-22-12-17)21(25)23-10-15-4-7-19-20(8-15)29-13-28-19/h2-9,11-12,24H,10,13H2,1H3,(H,23,25). The first-order valence-electron chi connectivity index (χ1n) is 9.12. The Morgan fingerprint density at radius 3 is 2.60 bits per heavy atom. The number of sulfonamides is 1. The maximum absolute atomic E-state index is 12.5. The van der Waals surface area contributed by atoms with Crippen LogP contribution < -0.4 is 19.5 Å². The van der Waals surface area contributed by atoms with Gasteiger partial charge in [0.1, 0.15) is 0 Å². The fourth-order valence-corrected chi connectivity index (χ4v) is 3.92. The number of aryl methyl sites for hydroxylation is 1. The van der Waals surface area contributed by atoms with Crippen LogP contribution in [0.3, 0.4) is 0 Å². The summed E-state index contributed by atoms with van der Waals surface area (Å²) in [5.74, 6) is 0.926. The number of nitrogens with one attached hydrogen (secondary N) is 2. The van der Waals surface area contributed by atoms with Crippen LogP contribution in [0.2, 0.25) is 0 Å². The van der Waals surface area contributed by atoms with Crippen LogP contribution in [0, 0.1) is 6.92 Å². The smallest absolute Gasteiger partial charge is 0.261 e. The Kier molecular flexibility index (Phi) is 5.28. The summed E-state index contributed by atoms with van der Waals surface area (Å²) >= 11 is 0. The predicted molar refractivity (Wildman–Crippen MR) is 110 cm³/mol. The van der Waals surface area contributed by atoms with E-state index in [0.29, 0.717) is 11.5 Å². The number of carbonyl (C=O) groups is 1. The summed E-state index contributed by atoms with van der Waals surface area (Å²) in [5.41, 5.74) is 2.24. The van der Waals surface area contributed by atoms with Gasteiger partial charge in [0.15, 0.2) is 11.5 Å². The number of nitrogens with zero attached hydrogens (tertiary/aromatic N) is 1. The Labute approximate surface area is 173 Å². The van der Waals surface area contributed by atoms with Gasteiger partial charge in [-0.3, -0.25) is 14.5 Å². The molecule has 8 nitrogen and oxygen atoms in total. The largest absolute Gasteiger partial charge is 0.454 e. The van der Waals surface area contributed by atoms with Crippen molar-refractivity contribution in [3.63, 3.8) is 0 Å². The first kappa shape index (κ1) is 19.7. The van der Waals surface area contributed by atoms with E-state index in [4.69, 9.17) is 9.47 Å². The number of hydrogen-bond donors (Lipinski definition) is 2. The summed E-state index contributed by atoms with van der Waals surface area (Å²) in [5, 5.41) is 2.78. The second-order valence-corrected chi connectivity index (χ2v) is 8.43. The van der Waals surface area contributed by atoms with E-state index in [-0.39, 0.29) is 35.4 Å². The third kappa shape index (κ3) is 4.36. The van der Waals surface area contributed by atoms with Gasteiger partial charge in [0.05, 0.1) is 22.3 Å². The fraction of sp³-hybridized carbons (Fsp3) is 0.143. The number of hydrogen-bond acceptors (Lipinski definition) is 6. The molecule has 2 heterocycles. The fourth-order valence-electron chi connectivity index (χ4n) is 2.89. The van der Waals surface area contributed by atoms with Crippen molar-refractivity contribution in [1.82, 2.24) is 10.3 Å². The topological polar surface area (TPSA) is 107 Å². The van der Waals surface area contributed by atoms with E-state index in [1.165, 1.54) is 30.6 Å². The van der Waals surface area contributed by atoms with Crippen LogP contribution in [0.15, 0.2) is 65.8 Å². The zero-order valence-corrected chi connectivity index (χ0v) is 16.9. The third-order valence-electron chi connectivity index (χ3n) is 4.47. The number of carbonyl (C=O) groups excluding carboxylic acids is 1. The minimum atomic E-state index is -3.78. The van der Waals surface area contributed by atoms with E-state index in [1.807, 2.05) is 13.0 Å². The predicted octanol–water partition coefficient (Wildman–Crippen LogP) is 2.85. The van der Waals surface area contributed by atoms with Crippen molar-refractivity contribution < 1.29 is 22.7 Å². The second kappa shape index (κ2) is 8.03. The number of pyridine rings is 1. The molecular weight excluding hydrogens is 406 g/mol. The quantitative estimate of drug-likeness (QED) is 0.629. The maximum Gasteiger partial charge on any atom is 0.261 e. The van der Waals surface area contributed by atoms with Gasteiger partial charge in [-0.15, -0.1) is 0 Å². The molecule has 0 bridgehead atoms. The molecule has 1 aromatic heterocycles. The first-order valence-corrected chi connectivity index (χ1v) is 10.6. The highest BCUT2D eigenvalue weighted by Crippen LogP contribution is 2.32. The van der Waals surface area contributed by atoms with Gasteiger partial charge in [0.25, 0.3) is 15.9 Å². The van der Waals surface area contributed by atoms with Crippen LogP contribution >= 0.6 is 0 Å². The van der Waals surface area contributed by atoms with Gasteiger partial charge in [-0.05, 0) is 42.8 Å². The number of anilines is 1. The average Bonchev–Trinajstić information content (AvgIpc) is 3.20. The van der Waals surface area contributed by atoms with E-state index < -0.39 is 10.0 Å². The lowest BCUT2D eigenvalue weighted by molar-refractivity contribution is 0.0950. The van der Waals surface area contributed by atoms with Crippen molar-refractivity contribution in [1.29, 1.82) is 0 Å². The molecule has 9 heteroatoms. The number of benzene rings is 2. The van der Waals surface area contributed by atoms with E-state index in [0.717, 1.165) is 11.1 Å². The molecule has 30 heavy (non-hydrogen) atoms. The normalized spacial score (nSPS) is 12.4. The molecule has 1 amide bonds.